The maximum absolute atomic E-state index is 11.8. The molecule has 0 fully saturated rings. The van der Waals surface area contributed by atoms with E-state index in [1.54, 1.807) is 0 Å². The number of carbonyl (C=O) groups excluding carboxylic acids is 1. The van der Waals surface area contributed by atoms with Crippen LogP contribution in [0.4, 0.5) is 0 Å². The number of aliphatic hydroxyl groups excluding tert-OH is 1. The second-order valence-electron chi connectivity index (χ2n) is 4.26. The Labute approximate surface area is 105 Å². The third-order valence-corrected chi connectivity index (χ3v) is 3.95. The lowest BCUT2D eigenvalue weighted by molar-refractivity contribution is -0.125. The number of hydrogen-bond acceptors (Lipinski definition) is 3. The van der Waals surface area contributed by atoms with Crippen molar-refractivity contribution in [2.24, 2.45) is 5.92 Å². The third kappa shape index (κ3) is 3.41. The summed E-state index contributed by atoms with van der Waals surface area (Å²) in [7, 11) is 0. The number of amides is 1. The molecule has 1 aromatic rings. The minimum atomic E-state index is -0.585. The van der Waals surface area contributed by atoms with Crippen LogP contribution in [0.1, 0.15) is 30.2 Å². The van der Waals surface area contributed by atoms with Crippen LogP contribution in [0.25, 0.3) is 0 Å². The second kappa shape index (κ2) is 5.98. The van der Waals surface area contributed by atoms with Gasteiger partial charge in [0.25, 0.3) is 0 Å². The summed E-state index contributed by atoms with van der Waals surface area (Å²) in [6.07, 6.45) is 6.30. The van der Waals surface area contributed by atoms with E-state index < -0.39 is 6.10 Å². The molecule has 0 saturated carbocycles. The Morgan fingerprint density at radius 1 is 1.59 bits per heavy atom. The third-order valence-electron chi connectivity index (χ3n) is 2.98. The normalized spacial score (nSPS) is 21.1. The second-order valence-corrected chi connectivity index (χ2v) is 5.24. The molecule has 0 aromatic carbocycles. The van der Waals surface area contributed by atoms with Crippen molar-refractivity contribution >= 4 is 17.2 Å². The molecule has 1 aromatic heterocycles. The fourth-order valence-corrected chi connectivity index (χ4v) is 2.67. The fourth-order valence-electron chi connectivity index (χ4n) is 1.95. The average Bonchev–Trinajstić information content (AvgIpc) is 2.90. The Kier molecular flexibility index (Phi) is 4.34. The molecule has 0 radical (unpaired) electrons. The first kappa shape index (κ1) is 12.3. The van der Waals surface area contributed by atoms with Crippen LogP contribution in [-0.4, -0.2) is 17.6 Å². The minimum Gasteiger partial charge on any atom is -0.386 e. The zero-order chi connectivity index (χ0) is 12.1. The van der Waals surface area contributed by atoms with Gasteiger partial charge in [-0.05, 0) is 30.7 Å². The van der Waals surface area contributed by atoms with Gasteiger partial charge in [0.05, 0.1) is 0 Å². The Morgan fingerprint density at radius 3 is 3.12 bits per heavy atom. The van der Waals surface area contributed by atoms with Crippen LogP contribution in [0.15, 0.2) is 29.7 Å². The first-order valence-electron chi connectivity index (χ1n) is 5.91. The van der Waals surface area contributed by atoms with E-state index in [2.05, 4.69) is 17.5 Å². The summed E-state index contributed by atoms with van der Waals surface area (Å²) in [5.41, 5.74) is 0. The van der Waals surface area contributed by atoms with Gasteiger partial charge >= 0.3 is 0 Å². The zero-order valence-electron chi connectivity index (χ0n) is 9.63. The van der Waals surface area contributed by atoms with Gasteiger partial charge in [-0.15, -0.1) is 11.3 Å². The molecular weight excluding hydrogens is 234 g/mol. The van der Waals surface area contributed by atoms with Crippen molar-refractivity contribution in [3.8, 4) is 0 Å². The molecule has 0 saturated heterocycles. The summed E-state index contributed by atoms with van der Waals surface area (Å²) in [6.45, 7) is 0.305. The van der Waals surface area contributed by atoms with E-state index in [-0.39, 0.29) is 11.8 Å². The molecule has 0 spiro atoms. The Bertz CT molecular complexity index is 386. The summed E-state index contributed by atoms with van der Waals surface area (Å²) in [5.74, 6) is 0.139. The van der Waals surface area contributed by atoms with Gasteiger partial charge in [0, 0.05) is 17.3 Å². The van der Waals surface area contributed by atoms with Crippen molar-refractivity contribution in [3.05, 3.63) is 34.5 Å². The Hall–Kier alpha value is -1.13. The first-order chi connectivity index (χ1) is 8.27. The lowest BCUT2D eigenvalue weighted by Gasteiger charge is -2.18. The molecule has 2 N–H and O–H groups in total. The van der Waals surface area contributed by atoms with Crippen LogP contribution in [-0.2, 0) is 4.79 Å². The van der Waals surface area contributed by atoms with Crippen LogP contribution in [0, 0.1) is 5.92 Å². The highest BCUT2D eigenvalue weighted by Crippen LogP contribution is 2.20. The zero-order valence-corrected chi connectivity index (χ0v) is 10.5. The van der Waals surface area contributed by atoms with Crippen molar-refractivity contribution in [3.63, 3.8) is 0 Å². The van der Waals surface area contributed by atoms with E-state index in [0.717, 1.165) is 24.1 Å². The van der Waals surface area contributed by atoms with Crippen LogP contribution in [0.5, 0.6) is 0 Å². The summed E-state index contributed by atoms with van der Waals surface area (Å²) in [5, 5.41) is 14.6. The van der Waals surface area contributed by atoms with Gasteiger partial charge in [-0.2, -0.15) is 0 Å². The summed E-state index contributed by atoms with van der Waals surface area (Å²) >= 11 is 1.51. The molecule has 2 atom stereocenters. The van der Waals surface area contributed by atoms with Crippen molar-refractivity contribution < 1.29 is 9.90 Å². The smallest absolute Gasteiger partial charge is 0.223 e. The van der Waals surface area contributed by atoms with Crippen molar-refractivity contribution in [2.75, 3.05) is 6.54 Å². The van der Waals surface area contributed by atoms with Gasteiger partial charge in [-0.25, -0.2) is 0 Å². The van der Waals surface area contributed by atoms with E-state index in [4.69, 9.17) is 0 Å². The number of rotatable bonds is 4. The number of hydrogen-bond donors (Lipinski definition) is 2. The maximum atomic E-state index is 11.8. The van der Waals surface area contributed by atoms with Crippen LogP contribution >= 0.6 is 11.3 Å². The Balaban J connectivity index is 1.78. The van der Waals surface area contributed by atoms with E-state index in [0.29, 0.717) is 6.54 Å². The predicted molar refractivity (Wildman–Crippen MR) is 68.8 cm³/mol. The van der Waals surface area contributed by atoms with Crippen LogP contribution in [0.3, 0.4) is 0 Å². The highest BCUT2D eigenvalue weighted by molar-refractivity contribution is 7.10. The molecule has 1 amide bonds. The van der Waals surface area contributed by atoms with Crippen molar-refractivity contribution in [1.29, 1.82) is 0 Å². The molecule has 1 aliphatic carbocycles. The molecule has 0 aliphatic heterocycles. The summed E-state index contributed by atoms with van der Waals surface area (Å²) in [4.78, 5) is 12.7. The molecule has 2 unspecified atom stereocenters. The molecule has 92 valence electrons. The van der Waals surface area contributed by atoms with E-state index in [1.807, 2.05) is 17.5 Å². The van der Waals surface area contributed by atoms with E-state index in [9.17, 15) is 9.90 Å². The molecule has 17 heavy (non-hydrogen) atoms. The monoisotopic (exact) mass is 251 g/mol. The largest absolute Gasteiger partial charge is 0.386 e. The van der Waals surface area contributed by atoms with Gasteiger partial charge in [0.2, 0.25) is 5.91 Å². The van der Waals surface area contributed by atoms with Gasteiger partial charge in [-0.1, -0.05) is 18.2 Å². The van der Waals surface area contributed by atoms with E-state index >= 15 is 0 Å². The highest BCUT2D eigenvalue weighted by atomic mass is 32.1. The molecule has 2 rings (SSSR count). The van der Waals surface area contributed by atoms with Gasteiger partial charge < -0.3 is 10.4 Å². The Morgan fingerprint density at radius 2 is 2.47 bits per heavy atom. The SMILES string of the molecule is O=C(NCC(O)c1cccs1)C1CC=CCC1. The number of aliphatic hydroxyl groups is 1. The van der Waals surface area contributed by atoms with Gasteiger partial charge in [0.15, 0.2) is 0 Å². The molecular formula is C13H17NO2S. The lowest BCUT2D eigenvalue weighted by Crippen LogP contribution is -2.34. The standard InChI is InChI=1S/C13H17NO2S/c15-11(12-7-4-8-17-12)9-14-13(16)10-5-2-1-3-6-10/h1-2,4,7-8,10-11,15H,3,5-6,9H2,(H,14,16). The van der Waals surface area contributed by atoms with Crippen molar-refractivity contribution in [2.45, 2.75) is 25.4 Å². The molecule has 4 heteroatoms. The summed E-state index contributed by atoms with van der Waals surface area (Å²) < 4.78 is 0. The minimum absolute atomic E-state index is 0.0601. The van der Waals surface area contributed by atoms with Crippen LogP contribution < -0.4 is 5.32 Å². The quantitative estimate of drug-likeness (QED) is 0.806. The summed E-state index contributed by atoms with van der Waals surface area (Å²) in [6, 6.07) is 3.78. The lowest BCUT2D eigenvalue weighted by atomic mass is 9.93. The first-order valence-corrected chi connectivity index (χ1v) is 6.79. The molecule has 0 bridgehead atoms. The van der Waals surface area contributed by atoms with Gasteiger partial charge in [0.1, 0.15) is 6.10 Å². The maximum Gasteiger partial charge on any atom is 0.223 e. The molecule has 3 nitrogen and oxygen atoms in total. The number of nitrogens with one attached hydrogen (secondary N) is 1. The molecule has 1 aliphatic rings. The number of allylic oxidation sites excluding steroid dienone is 2. The fraction of sp³-hybridized carbons (Fsp3) is 0.462. The predicted octanol–water partition coefficient (Wildman–Crippen LogP) is 2.25. The molecule has 1 heterocycles. The topological polar surface area (TPSA) is 49.3 Å². The number of carbonyl (C=O) groups is 1. The van der Waals surface area contributed by atoms with Crippen LogP contribution in [0.2, 0.25) is 0 Å². The van der Waals surface area contributed by atoms with E-state index in [1.165, 1.54) is 11.3 Å². The number of thiophene rings is 1. The van der Waals surface area contributed by atoms with Gasteiger partial charge in [-0.3, -0.25) is 4.79 Å². The van der Waals surface area contributed by atoms with Crippen molar-refractivity contribution in [1.82, 2.24) is 5.32 Å². The average molecular weight is 251 g/mol. The highest BCUT2D eigenvalue weighted by Gasteiger charge is 2.19.